The molecule has 1 atom stereocenters. The standard InChI is InChI=1S/C17H17N3O/c1-18-17(15-10-16(21-2)20-11-19-15)14-9-5-7-12-6-3-4-8-13(12)14/h3-11,17-18H,1-2H3. The SMILES string of the molecule is CNC(c1cc(OC)ncn1)c1cccc2ccccc12. The van der Waals surface area contributed by atoms with Crippen molar-refractivity contribution < 1.29 is 4.74 Å². The first kappa shape index (κ1) is 13.5. The van der Waals surface area contributed by atoms with Gasteiger partial charge >= 0.3 is 0 Å². The maximum atomic E-state index is 5.19. The van der Waals surface area contributed by atoms with Gasteiger partial charge in [0.15, 0.2) is 0 Å². The highest BCUT2D eigenvalue weighted by Crippen LogP contribution is 2.28. The third-order valence-electron chi connectivity index (χ3n) is 3.59. The summed E-state index contributed by atoms with van der Waals surface area (Å²) in [6, 6.07) is 16.5. The van der Waals surface area contributed by atoms with Gasteiger partial charge in [-0.25, -0.2) is 9.97 Å². The smallest absolute Gasteiger partial charge is 0.216 e. The lowest BCUT2D eigenvalue weighted by Crippen LogP contribution is -2.19. The number of nitrogens with zero attached hydrogens (tertiary/aromatic N) is 2. The minimum Gasteiger partial charge on any atom is -0.481 e. The fourth-order valence-electron chi connectivity index (χ4n) is 2.59. The lowest BCUT2D eigenvalue weighted by atomic mass is 9.96. The van der Waals surface area contributed by atoms with E-state index < -0.39 is 0 Å². The van der Waals surface area contributed by atoms with Gasteiger partial charge in [-0.2, -0.15) is 0 Å². The van der Waals surface area contributed by atoms with Crippen molar-refractivity contribution in [3.63, 3.8) is 0 Å². The first-order valence-electron chi connectivity index (χ1n) is 6.84. The van der Waals surface area contributed by atoms with E-state index in [0.717, 1.165) is 5.69 Å². The average Bonchev–Trinajstić information content (AvgIpc) is 2.56. The molecule has 4 nitrogen and oxygen atoms in total. The Bertz CT molecular complexity index is 752. The molecule has 106 valence electrons. The highest BCUT2D eigenvalue weighted by Gasteiger charge is 2.16. The van der Waals surface area contributed by atoms with Gasteiger partial charge in [-0.05, 0) is 23.4 Å². The minimum atomic E-state index is -0.00648. The summed E-state index contributed by atoms with van der Waals surface area (Å²) in [5.41, 5.74) is 2.08. The number of hydrogen-bond acceptors (Lipinski definition) is 4. The minimum absolute atomic E-state index is 0.00648. The highest BCUT2D eigenvalue weighted by molar-refractivity contribution is 5.86. The summed E-state index contributed by atoms with van der Waals surface area (Å²) < 4.78 is 5.19. The van der Waals surface area contributed by atoms with E-state index in [9.17, 15) is 0 Å². The van der Waals surface area contributed by atoms with Crippen molar-refractivity contribution in [2.45, 2.75) is 6.04 Å². The van der Waals surface area contributed by atoms with Crippen LogP contribution in [0.5, 0.6) is 5.88 Å². The molecule has 0 saturated carbocycles. The summed E-state index contributed by atoms with van der Waals surface area (Å²) >= 11 is 0. The van der Waals surface area contributed by atoms with Crippen molar-refractivity contribution in [1.29, 1.82) is 0 Å². The van der Waals surface area contributed by atoms with Crippen molar-refractivity contribution in [2.24, 2.45) is 0 Å². The molecule has 0 radical (unpaired) electrons. The van der Waals surface area contributed by atoms with Crippen molar-refractivity contribution in [3.8, 4) is 5.88 Å². The first-order chi connectivity index (χ1) is 10.3. The Morgan fingerprint density at radius 2 is 1.86 bits per heavy atom. The molecule has 0 spiro atoms. The van der Waals surface area contributed by atoms with Crippen molar-refractivity contribution in [2.75, 3.05) is 14.2 Å². The molecule has 0 amide bonds. The topological polar surface area (TPSA) is 47.0 Å². The Morgan fingerprint density at radius 1 is 1.05 bits per heavy atom. The van der Waals surface area contributed by atoms with Crippen LogP contribution in [0.1, 0.15) is 17.3 Å². The van der Waals surface area contributed by atoms with Crippen LogP contribution in [0.15, 0.2) is 54.9 Å². The Kier molecular flexibility index (Phi) is 3.79. The van der Waals surface area contributed by atoms with E-state index in [-0.39, 0.29) is 6.04 Å². The summed E-state index contributed by atoms with van der Waals surface area (Å²) in [6.07, 6.45) is 1.53. The number of aromatic nitrogens is 2. The zero-order valence-electron chi connectivity index (χ0n) is 12.1. The summed E-state index contributed by atoms with van der Waals surface area (Å²) in [4.78, 5) is 8.46. The van der Waals surface area contributed by atoms with Gasteiger partial charge in [-0.15, -0.1) is 0 Å². The molecule has 3 rings (SSSR count). The molecule has 0 saturated heterocycles. The van der Waals surface area contributed by atoms with Crippen molar-refractivity contribution in [1.82, 2.24) is 15.3 Å². The van der Waals surface area contributed by atoms with E-state index >= 15 is 0 Å². The Labute approximate surface area is 123 Å². The molecule has 2 aromatic carbocycles. The van der Waals surface area contributed by atoms with Gasteiger partial charge < -0.3 is 10.1 Å². The van der Waals surface area contributed by atoms with Crippen LogP contribution in [0, 0.1) is 0 Å². The maximum Gasteiger partial charge on any atom is 0.216 e. The number of hydrogen-bond donors (Lipinski definition) is 1. The molecule has 3 aromatic rings. The molecule has 1 N–H and O–H groups in total. The van der Waals surface area contributed by atoms with E-state index in [1.807, 2.05) is 19.2 Å². The van der Waals surface area contributed by atoms with Gasteiger partial charge in [-0.1, -0.05) is 42.5 Å². The molecule has 21 heavy (non-hydrogen) atoms. The number of rotatable bonds is 4. The molecular formula is C17H17N3O. The van der Waals surface area contributed by atoms with Gasteiger partial charge in [-0.3, -0.25) is 0 Å². The fourth-order valence-corrected chi connectivity index (χ4v) is 2.59. The van der Waals surface area contributed by atoms with Gasteiger partial charge in [0.1, 0.15) is 6.33 Å². The van der Waals surface area contributed by atoms with Crippen LogP contribution in [-0.4, -0.2) is 24.1 Å². The Hall–Kier alpha value is -2.46. The summed E-state index contributed by atoms with van der Waals surface area (Å²) in [7, 11) is 3.54. The molecule has 0 aliphatic carbocycles. The predicted octanol–water partition coefficient (Wildman–Crippen LogP) is 2.95. The largest absolute Gasteiger partial charge is 0.481 e. The molecule has 1 heterocycles. The van der Waals surface area contributed by atoms with E-state index in [0.29, 0.717) is 5.88 Å². The van der Waals surface area contributed by atoms with Crippen molar-refractivity contribution in [3.05, 3.63) is 66.1 Å². The van der Waals surface area contributed by atoms with Crippen LogP contribution in [0.2, 0.25) is 0 Å². The van der Waals surface area contributed by atoms with Crippen molar-refractivity contribution >= 4 is 10.8 Å². The Morgan fingerprint density at radius 3 is 2.67 bits per heavy atom. The second-order valence-corrected chi connectivity index (χ2v) is 4.78. The molecule has 1 unspecified atom stereocenters. The fraction of sp³-hybridized carbons (Fsp3) is 0.176. The lowest BCUT2D eigenvalue weighted by Gasteiger charge is -2.18. The molecule has 0 aliphatic heterocycles. The number of nitrogens with one attached hydrogen (secondary N) is 1. The van der Waals surface area contributed by atoms with Crippen LogP contribution >= 0.6 is 0 Å². The molecule has 1 aromatic heterocycles. The van der Waals surface area contributed by atoms with Crippen LogP contribution in [0.25, 0.3) is 10.8 Å². The monoisotopic (exact) mass is 279 g/mol. The second kappa shape index (κ2) is 5.89. The van der Waals surface area contributed by atoms with E-state index in [2.05, 4.69) is 51.7 Å². The summed E-state index contributed by atoms with van der Waals surface area (Å²) in [6.45, 7) is 0. The Balaban J connectivity index is 2.13. The van der Waals surface area contributed by atoms with Crippen LogP contribution in [-0.2, 0) is 0 Å². The van der Waals surface area contributed by atoms with Crippen LogP contribution in [0.3, 0.4) is 0 Å². The zero-order chi connectivity index (χ0) is 14.7. The van der Waals surface area contributed by atoms with E-state index in [1.165, 1.54) is 22.7 Å². The number of ether oxygens (including phenoxy) is 1. The lowest BCUT2D eigenvalue weighted by molar-refractivity contribution is 0.395. The molecule has 0 aliphatic rings. The molecule has 4 heteroatoms. The van der Waals surface area contributed by atoms with Gasteiger partial charge in [0.25, 0.3) is 0 Å². The van der Waals surface area contributed by atoms with Gasteiger partial charge in [0.2, 0.25) is 5.88 Å². The normalized spacial score (nSPS) is 12.3. The summed E-state index contributed by atoms with van der Waals surface area (Å²) in [5.74, 6) is 0.570. The maximum absolute atomic E-state index is 5.19. The van der Waals surface area contributed by atoms with Gasteiger partial charge in [0.05, 0.1) is 18.8 Å². The van der Waals surface area contributed by atoms with E-state index in [1.54, 1.807) is 7.11 Å². The third-order valence-corrected chi connectivity index (χ3v) is 3.59. The molecular weight excluding hydrogens is 262 g/mol. The average molecular weight is 279 g/mol. The highest BCUT2D eigenvalue weighted by atomic mass is 16.5. The molecule has 0 fully saturated rings. The van der Waals surface area contributed by atoms with Gasteiger partial charge in [0, 0.05) is 6.07 Å². The molecule has 0 bridgehead atoms. The van der Waals surface area contributed by atoms with Crippen LogP contribution in [0.4, 0.5) is 0 Å². The number of benzene rings is 2. The summed E-state index contributed by atoms with van der Waals surface area (Å²) in [5, 5.41) is 5.77. The third kappa shape index (κ3) is 2.58. The zero-order valence-corrected chi connectivity index (χ0v) is 12.1. The van der Waals surface area contributed by atoms with E-state index in [4.69, 9.17) is 4.74 Å². The second-order valence-electron chi connectivity index (χ2n) is 4.78. The quantitative estimate of drug-likeness (QED) is 0.797. The van der Waals surface area contributed by atoms with Crippen LogP contribution < -0.4 is 10.1 Å². The predicted molar refractivity (Wildman–Crippen MR) is 83.4 cm³/mol. The number of fused-ring (bicyclic) bond motifs is 1. The number of methoxy groups -OCH3 is 1. The first-order valence-corrected chi connectivity index (χ1v) is 6.84.